The first-order chi connectivity index (χ1) is 9.97. The topological polar surface area (TPSA) is 43.6 Å². The summed E-state index contributed by atoms with van der Waals surface area (Å²) >= 11 is 5.69. The highest BCUT2D eigenvalue weighted by atomic mass is 35.5. The Bertz CT molecular complexity index is 829. The summed E-state index contributed by atoms with van der Waals surface area (Å²) in [5.41, 5.74) is 0.839. The summed E-state index contributed by atoms with van der Waals surface area (Å²) in [5, 5.41) is 4.44. The van der Waals surface area contributed by atoms with Crippen molar-refractivity contribution in [1.29, 1.82) is 0 Å². The predicted octanol–water partition coefficient (Wildman–Crippen LogP) is 4.01. The summed E-state index contributed by atoms with van der Waals surface area (Å²) in [6.45, 7) is 3.86. The van der Waals surface area contributed by atoms with E-state index in [-0.39, 0.29) is 17.0 Å². The molecule has 1 aromatic carbocycles. The molecule has 0 N–H and O–H groups in total. The van der Waals surface area contributed by atoms with Crippen LogP contribution in [0.1, 0.15) is 19.9 Å². The molecule has 2 aromatic heterocycles. The van der Waals surface area contributed by atoms with Crippen LogP contribution >= 0.6 is 11.6 Å². The molecule has 0 unspecified atom stereocenters. The van der Waals surface area contributed by atoms with Gasteiger partial charge in [0.25, 0.3) is 0 Å². The molecule has 0 fully saturated rings. The maximum absolute atomic E-state index is 14.2. The molecule has 4 nitrogen and oxygen atoms in total. The summed E-state index contributed by atoms with van der Waals surface area (Å²) in [5.74, 6) is -1.14. The highest BCUT2D eigenvalue weighted by Crippen LogP contribution is 2.29. The van der Waals surface area contributed by atoms with E-state index in [2.05, 4.69) is 15.1 Å². The van der Waals surface area contributed by atoms with Crippen molar-refractivity contribution >= 4 is 22.5 Å². The van der Waals surface area contributed by atoms with Gasteiger partial charge in [0.2, 0.25) is 5.28 Å². The summed E-state index contributed by atoms with van der Waals surface area (Å²) < 4.78 is 29.7. The number of aromatic nitrogens is 4. The zero-order chi connectivity index (χ0) is 15.1. The molecule has 2 heterocycles. The molecule has 0 aliphatic carbocycles. The van der Waals surface area contributed by atoms with Gasteiger partial charge in [-0.1, -0.05) is 0 Å². The number of fused-ring (bicyclic) bond motifs is 1. The van der Waals surface area contributed by atoms with E-state index in [1.54, 1.807) is 10.7 Å². The minimum Gasteiger partial charge on any atom is -0.262 e. The Morgan fingerprint density at radius 2 is 1.90 bits per heavy atom. The second-order valence-corrected chi connectivity index (χ2v) is 5.25. The molecule has 108 valence electrons. The van der Waals surface area contributed by atoms with E-state index in [4.69, 9.17) is 11.6 Å². The largest absolute Gasteiger partial charge is 0.262 e. The second-order valence-electron chi connectivity index (χ2n) is 4.91. The lowest BCUT2D eigenvalue weighted by atomic mass is 10.1. The third-order valence-corrected chi connectivity index (χ3v) is 3.33. The van der Waals surface area contributed by atoms with E-state index >= 15 is 0 Å². The van der Waals surface area contributed by atoms with Gasteiger partial charge in [-0.3, -0.25) is 4.68 Å². The molecule has 0 saturated heterocycles. The van der Waals surface area contributed by atoms with Crippen molar-refractivity contribution < 1.29 is 8.78 Å². The summed E-state index contributed by atoms with van der Waals surface area (Å²) in [6.07, 6.45) is 2.42. The van der Waals surface area contributed by atoms with Crippen molar-refractivity contribution in [2.75, 3.05) is 0 Å². The van der Waals surface area contributed by atoms with Crippen LogP contribution in [0.25, 0.3) is 22.2 Å². The first-order valence-corrected chi connectivity index (χ1v) is 6.70. The molecule has 3 aromatic rings. The van der Waals surface area contributed by atoms with Crippen LogP contribution in [0.3, 0.4) is 0 Å². The van der Waals surface area contributed by atoms with Crippen molar-refractivity contribution in [3.8, 4) is 11.3 Å². The average molecular weight is 309 g/mol. The number of hydrogen-bond donors (Lipinski definition) is 0. The second kappa shape index (κ2) is 5.04. The normalized spacial score (nSPS) is 11.5. The van der Waals surface area contributed by atoms with Crippen molar-refractivity contribution in [3.63, 3.8) is 0 Å². The van der Waals surface area contributed by atoms with Crippen LogP contribution in [0.2, 0.25) is 5.28 Å². The Hall–Kier alpha value is -2.08. The van der Waals surface area contributed by atoms with Gasteiger partial charge in [0.15, 0.2) is 5.82 Å². The number of halogens is 3. The monoisotopic (exact) mass is 308 g/mol. The maximum Gasteiger partial charge on any atom is 0.223 e. The minimum absolute atomic E-state index is 0.0349. The van der Waals surface area contributed by atoms with Crippen molar-refractivity contribution in [2.24, 2.45) is 0 Å². The predicted molar refractivity (Wildman–Crippen MR) is 76.1 cm³/mol. The van der Waals surface area contributed by atoms with Crippen LogP contribution in [-0.4, -0.2) is 19.7 Å². The molecular weight excluding hydrogens is 298 g/mol. The number of hydrogen-bond acceptors (Lipinski definition) is 3. The van der Waals surface area contributed by atoms with E-state index in [9.17, 15) is 8.78 Å². The van der Waals surface area contributed by atoms with Gasteiger partial charge in [-0.25, -0.2) is 18.7 Å². The molecule has 0 atom stereocenters. The molecule has 0 spiro atoms. The van der Waals surface area contributed by atoms with E-state index in [0.717, 1.165) is 6.20 Å². The minimum atomic E-state index is -0.659. The third kappa shape index (κ3) is 2.35. The quantitative estimate of drug-likeness (QED) is 0.672. The fourth-order valence-corrected chi connectivity index (χ4v) is 2.33. The van der Waals surface area contributed by atoms with Gasteiger partial charge in [0, 0.05) is 11.6 Å². The maximum atomic E-state index is 14.2. The average Bonchev–Trinajstić information content (AvgIpc) is 2.86. The molecule has 0 amide bonds. The van der Waals surface area contributed by atoms with Crippen molar-refractivity contribution in [3.05, 3.63) is 41.4 Å². The summed E-state index contributed by atoms with van der Waals surface area (Å²) in [4.78, 5) is 7.39. The van der Waals surface area contributed by atoms with Crippen LogP contribution < -0.4 is 0 Å². The lowest BCUT2D eigenvalue weighted by Crippen LogP contribution is -2.02. The van der Waals surface area contributed by atoms with Crippen LogP contribution in [0, 0.1) is 11.6 Å². The lowest BCUT2D eigenvalue weighted by molar-refractivity contribution is 0.550. The molecule has 0 saturated carbocycles. The Labute approximate surface area is 124 Å². The smallest absolute Gasteiger partial charge is 0.223 e. The Balaban J connectivity index is 2.28. The van der Waals surface area contributed by atoms with Gasteiger partial charge >= 0.3 is 0 Å². The molecule has 0 aliphatic rings. The van der Waals surface area contributed by atoms with Gasteiger partial charge in [-0.05, 0) is 37.6 Å². The Morgan fingerprint density at radius 3 is 2.62 bits per heavy atom. The summed E-state index contributed by atoms with van der Waals surface area (Å²) in [6, 6.07) is 2.92. The third-order valence-electron chi connectivity index (χ3n) is 3.14. The van der Waals surface area contributed by atoms with E-state index in [0.29, 0.717) is 16.5 Å². The molecular formula is C14H11ClF2N4. The van der Waals surface area contributed by atoms with Crippen molar-refractivity contribution in [2.45, 2.75) is 19.9 Å². The number of nitrogens with zero attached hydrogens (tertiary/aromatic N) is 4. The highest BCUT2D eigenvalue weighted by Gasteiger charge is 2.15. The first kappa shape index (κ1) is 13.9. The molecule has 0 radical (unpaired) electrons. The van der Waals surface area contributed by atoms with Crippen LogP contribution in [-0.2, 0) is 0 Å². The zero-order valence-corrected chi connectivity index (χ0v) is 12.1. The van der Waals surface area contributed by atoms with E-state index < -0.39 is 11.6 Å². The van der Waals surface area contributed by atoms with Gasteiger partial charge < -0.3 is 0 Å². The van der Waals surface area contributed by atoms with Gasteiger partial charge in [0.05, 0.1) is 23.3 Å². The molecule has 21 heavy (non-hydrogen) atoms. The van der Waals surface area contributed by atoms with Crippen LogP contribution in [0.15, 0.2) is 24.5 Å². The first-order valence-electron chi connectivity index (χ1n) is 6.32. The fourth-order valence-electron chi connectivity index (χ4n) is 2.20. The van der Waals surface area contributed by atoms with E-state index in [1.807, 2.05) is 13.8 Å². The molecule has 0 bridgehead atoms. The highest BCUT2D eigenvalue weighted by molar-refractivity contribution is 6.28. The fraction of sp³-hybridized carbons (Fsp3) is 0.214. The Kier molecular flexibility index (Phi) is 3.33. The molecule has 3 rings (SSSR count). The number of rotatable bonds is 2. The molecule has 0 aliphatic heterocycles. The Morgan fingerprint density at radius 1 is 1.14 bits per heavy atom. The van der Waals surface area contributed by atoms with Crippen molar-refractivity contribution in [1.82, 2.24) is 19.7 Å². The summed E-state index contributed by atoms with van der Waals surface area (Å²) in [7, 11) is 0. The van der Waals surface area contributed by atoms with Gasteiger partial charge in [-0.2, -0.15) is 5.10 Å². The van der Waals surface area contributed by atoms with Gasteiger partial charge in [0.1, 0.15) is 11.5 Å². The van der Waals surface area contributed by atoms with Gasteiger partial charge in [-0.15, -0.1) is 0 Å². The molecule has 7 heteroatoms. The number of benzene rings is 1. The standard InChI is InChI=1S/C14H11ClF2N4/c1-7(2)21-12-4-8(3-10(16)9(12)5-19-21)13-11(17)6-18-14(15)20-13/h3-7H,1-2H3. The zero-order valence-electron chi connectivity index (χ0n) is 11.3. The van der Waals surface area contributed by atoms with Crippen LogP contribution in [0.4, 0.5) is 8.78 Å². The van der Waals surface area contributed by atoms with Crippen LogP contribution in [0.5, 0.6) is 0 Å². The lowest BCUT2D eigenvalue weighted by Gasteiger charge is -2.09. The SMILES string of the molecule is CC(C)n1ncc2c(F)cc(-c3nc(Cl)ncc3F)cc21. The van der Waals surface area contributed by atoms with E-state index in [1.165, 1.54) is 12.3 Å².